The summed E-state index contributed by atoms with van der Waals surface area (Å²) in [6, 6.07) is 0. The minimum atomic E-state index is -0.209. The Hall–Kier alpha value is -0.470. The van der Waals surface area contributed by atoms with Crippen molar-refractivity contribution in [3.05, 3.63) is 0 Å². The summed E-state index contributed by atoms with van der Waals surface area (Å²) in [6.07, 6.45) is 10.4. The maximum absolute atomic E-state index is 6.19. The Bertz CT molecular complexity index is 465. The maximum Gasteiger partial charge on any atom is 0.166 e. The SMILES string of the molecule is CC(C)(CCCN(CCCC(C)(C)OC1CCCCO1)C(N)=S)OC1CCCCO1. The fourth-order valence-corrected chi connectivity index (χ4v) is 4.34. The normalized spacial score (nSPS) is 23.3. The van der Waals surface area contributed by atoms with Gasteiger partial charge in [0.25, 0.3) is 0 Å². The predicted octanol–water partition coefficient (Wildman–Crippen LogP) is 4.74. The number of nitrogens with two attached hydrogens (primary N) is 1. The summed E-state index contributed by atoms with van der Waals surface area (Å²) < 4.78 is 23.8. The van der Waals surface area contributed by atoms with Gasteiger partial charge in [0.05, 0.1) is 11.2 Å². The Morgan fingerprint density at radius 1 is 0.867 bits per heavy atom. The molecule has 30 heavy (non-hydrogen) atoms. The van der Waals surface area contributed by atoms with Crippen LogP contribution in [0.2, 0.25) is 0 Å². The van der Waals surface area contributed by atoms with Gasteiger partial charge < -0.3 is 29.6 Å². The molecule has 2 aliphatic heterocycles. The summed E-state index contributed by atoms with van der Waals surface area (Å²) in [5, 5.41) is 0.471. The molecule has 176 valence electrons. The first-order chi connectivity index (χ1) is 14.2. The molecule has 0 bridgehead atoms. The van der Waals surface area contributed by atoms with Gasteiger partial charge in [-0.05, 0) is 104 Å². The molecule has 7 heteroatoms. The molecule has 2 atom stereocenters. The summed E-state index contributed by atoms with van der Waals surface area (Å²) in [6.45, 7) is 11.9. The van der Waals surface area contributed by atoms with Crippen molar-refractivity contribution in [2.45, 2.75) is 116 Å². The highest BCUT2D eigenvalue weighted by Crippen LogP contribution is 2.26. The van der Waals surface area contributed by atoms with Crippen LogP contribution >= 0.6 is 12.2 Å². The lowest BCUT2D eigenvalue weighted by atomic mass is 10.0. The van der Waals surface area contributed by atoms with Crippen molar-refractivity contribution in [1.82, 2.24) is 4.90 Å². The molecule has 2 saturated heterocycles. The van der Waals surface area contributed by atoms with E-state index in [2.05, 4.69) is 32.6 Å². The van der Waals surface area contributed by atoms with Gasteiger partial charge in [0.1, 0.15) is 0 Å². The molecule has 6 nitrogen and oxygen atoms in total. The predicted molar refractivity (Wildman–Crippen MR) is 124 cm³/mol. The number of rotatable bonds is 12. The zero-order chi connectivity index (χ0) is 22.0. The van der Waals surface area contributed by atoms with Crippen LogP contribution in [0, 0.1) is 0 Å². The Labute approximate surface area is 189 Å². The first kappa shape index (κ1) is 25.8. The largest absolute Gasteiger partial charge is 0.376 e. The molecule has 0 aromatic heterocycles. The van der Waals surface area contributed by atoms with Crippen LogP contribution in [0.4, 0.5) is 0 Å². The van der Waals surface area contributed by atoms with Gasteiger partial charge in [0.2, 0.25) is 0 Å². The summed E-state index contributed by atoms with van der Waals surface area (Å²) in [5.41, 5.74) is 5.57. The van der Waals surface area contributed by atoms with E-state index < -0.39 is 0 Å². The minimum absolute atomic E-state index is 0.0594. The monoisotopic (exact) mass is 444 g/mol. The molecule has 0 radical (unpaired) electrons. The highest BCUT2D eigenvalue weighted by atomic mass is 32.1. The van der Waals surface area contributed by atoms with Crippen molar-refractivity contribution in [2.24, 2.45) is 5.73 Å². The quantitative estimate of drug-likeness (QED) is 0.436. The van der Waals surface area contributed by atoms with Crippen LogP contribution in [-0.4, -0.2) is 60.1 Å². The highest BCUT2D eigenvalue weighted by molar-refractivity contribution is 7.80. The number of hydrogen-bond acceptors (Lipinski definition) is 5. The second-order valence-electron chi connectivity index (χ2n) is 9.88. The van der Waals surface area contributed by atoms with E-state index in [9.17, 15) is 0 Å². The molecule has 0 aromatic rings. The maximum atomic E-state index is 6.19. The van der Waals surface area contributed by atoms with Gasteiger partial charge in [-0.25, -0.2) is 0 Å². The van der Waals surface area contributed by atoms with Crippen molar-refractivity contribution < 1.29 is 18.9 Å². The fraction of sp³-hybridized carbons (Fsp3) is 0.957. The Morgan fingerprint density at radius 3 is 1.63 bits per heavy atom. The van der Waals surface area contributed by atoms with E-state index in [4.69, 9.17) is 36.9 Å². The summed E-state index contributed by atoms with van der Waals surface area (Å²) >= 11 is 5.29. The van der Waals surface area contributed by atoms with Crippen molar-refractivity contribution >= 4 is 17.3 Å². The standard InChI is InChI=1S/C23H44N2O4S/c1-22(2,28-19-11-5-7-17-26-19)13-9-15-25(21(24)30)16-10-14-23(3,4)29-20-12-6-8-18-27-20/h19-20H,5-18H2,1-4H3,(H2,24,30). The molecule has 0 aliphatic carbocycles. The fourth-order valence-electron chi connectivity index (χ4n) is 4.16. The Morgan fingerprint density at radius 2 is 1.30 bits per heavy atom. The lowest BCUT2D eigenvalue weighted by Gasteiger charge is -2.34. The summed E-state index contributed by atoms with van der Waals surface area (Å²) in [7, 11) is 0. The van der Waals surface area contributed by atoms with Crippen molar-refractivity contribution in [3.8, 4) is 0 Å². The van der Waals surface area contributed by atoms with Gasteiger partial charge in [-0.1, -0.05) is 0 Å². The number of nitrogens with zero attached hydrogens (tertiary/aromatic N) is 1. The van der Waals surface area contributed by atoms with E-state index in [1.165, 1.54) is 12.8 Å². The van der Waals surface area contributed by atoms with Gasteiger partial charge >= 0.3 is 0 Å². The van der Waals surface area contributed by atoms with Gasteiger partial charge in [0, 0.05) is 26.3 Å². The smallest absolute Gasteiger partial charge is 0.166 e. The number of thiocarbonyl (C=S) groups is 1. The molecule has 0 aromatic carbocycles. The zero-order valence-electron chi connectivity index (χ0n) is 19.6. The average Bonchev–Trinajstić information content (AvgIpc) is 2.67. The summed E-state index contributed by atoms with van der Waals surface area (Å²) in [5.74, 6) is 0. The van der Waals surface area contributed by atoms with Crippen LogP contribution in [-0.2, 0) is 18.9 Å². The molecule has 0 amide bonds. The molecule has 2 N–H and O–H groups in total. The van der Waals surface area contributed by atoms with Gasteiger partial charge in [0.15, 0.2) is 17.7 Å². The van der Waals surface area contributed by atoms with E-state index in [1.54, 1.807) is 0 Å². The molecule has 2 fully saturated rings. The zero-order valence-corrected chi connectivity index (χ0v) is 20.4. The van der Waals surface area contributed by atoms with E-state index >= 15 is 0 Å². The molecular formula is C23H44N2O4S. The van der Waals surface area contributed by atoms with E-state index in [1.807, 2.05) is 0 Å². The van der Waals surface area contributed by atoms with E-state index in [0.717, 1.165) is 77.7 Å². The molecular weight excluding hydrogens is 400 g/mol. The third-order valence-electron chi connectivity index (χ3n) is 5.90. The third kappa shape index (κ3) is 10.2. The third-order valence-corrected chi connectivity index (χ3v) is 6.16. The van der Waals surface area contributed by atoms with Crippen LogP contribution in [0.1, 0.15) is 91.9 Å². The van der Waals surface area contributed by atoms with Crippen molar-refractivity contribution in [2.75, 3.05) is 26.3 Å². The van der Waals surface area contributed by atoms with Crippen LogP contribution in [0.25, 0.3) is 0 Å². The van der Waals surface area contributed by atoms with Crippen molar-refractivity contribution in [1.29, 1.82) is 0 Å². The van der Waals surface area contributed by atoms with Gasteiger partial charge in [-0.2, -0.15) is 0 Å². The highest BCUT2D eigenvalue weighted by Gasteiger charge is 2.27. The lowest BCUT2D eigenvalue weighted by Crippen LogP contribution is -2.40. The topological polar surface area (TPSA) is 66.2 Å². The number of hydrogen-bond donors (Lipinski definition) is 1. The molecule has 0 spiro atoms. The van der Waals surface area contributed by atoms with Crippen LogP contribution in [0.5, 0.6) is 0 Å². The van der Waals surface area contributed by atoms with E-state index in [0.29, 0.717) is 5.11 Å². The summed E-state index contributed by atoms with van der Waals surface area (Å²) in [4.78, 5) is 2.11. The van der Waals surface area contributed by atoms with E-state index in [-0.39, 0.29) is 23.8 Å². The second-order valence-corrected chi connectivity index (χ2v) is 10.3. The number of ether oxygens (including phenoxy) is 4. The van der Waals surface area contributed by atoms with Crippen molar-refractivity contribution in [3.63, 3.8) is 0 Å². The molecule has 2 unspecified atom stereocenters. The Kier molecular flexibility index (Phi) is 10.8. The molecule has 2 rings (SSSR count). The molecule has 0 saturated carbocycles. The molecule has 2 aliphatic rings. The first-order valence-electron chi connectivity index (χ1n) is 11.8. The molecule has 2 heterocycles. The van der Waals surface area contributed by atoms with Gasteiger partial charge in [-0.15, -0.1) is 0 Å². The Balaban J connectivity index is 1.67. The first-order valence-corrected chi connectivity index (χ1v) is 12.2. The van der Waals surface area contributed by atoms with Crippen LogP contribution in [0.3, 0.4) is 0 Å². The lowest BCUT2D eigenvalue weighted by molar-refractivity contribution is -0.217. The average molecular weight is 445 g/mol. The second kappa shape index (κ2) is 12.5. The van der Waals surface area contributed by atoms with Crippen LogP contribution < -0.4 is 5.73 Å². The minimum Gasteiger partial charge on any atom is -0.376 e. The van der Waals surface area contributed by atoms with Gasteiger partial charge in [-0.3, -0.25) is 0 Å². The van der Waals surface area contributed by atoms with Crippen LogP contribution in [0.15, 0.2) is 0 Å².